The van der Waals surface area contributed by atoms with Crippen LogP contribution in [0.5, 0.6) is 0 Å². The molecule has 0 aromatic carbocycles. The Labute approximate surface area is 146 Å². The van der Waals surface area contributed by atoms with Gasteiger partial charge in [-0.05, 0) is 58.7 Å². The molecule has 136 valence electrons. The summed E-state index contributed by atoms with van der Waals surface area (Å²) in [7, 11) is 1.95. The highest BCUT2D eigenvalue weighted by molar-refractivity contribution is 5.79. The largest absolute Gasteiger partial charge is 0.357 e. The summed E-state index contributed by atoms with van der Waals surface area (Å²) in [6.45, 7) is 11.7. The van der Waals surface area contributed by atoms with Crippen LogP contribution in [0.1, 0.15) is 45.6 Å². The first-order chi connectivity index (χ1) is 11.5. The minimum Gasteiger partial charge on any atom is -0.357 e. The van der Waals surface area contributed by atoms with E-state index in [-0.39, 0.29) is 5.54 Å². The van der Waals surface area contributed by atoms with Crippen molar-refractivity contribution in [1.29, 1.82) is 0 Å². The Balaban J connectivity index is 1.84. The summed E-state index contributed by atoms with van der Waals surface area (Å²) in [6, 6.07) is 0. The van der Waals surface area contributed by atoms with Crippen molar-refractivity contribution in [2.45, 2.75) is 52.0 Å². The number of guanidine groups is 1. The maximum atomic E-state index is 4.83. The smallest absolute Gasteiger partial charge is 0.191 e. The van der Waals surface area contributed by atoms with E-state index in [1.165, 1.54) is 37.9 Å². The number of aromatic nitrogens is 2. The van der Waals surface area contributed by atoms with Gasteiger partial charge in [-0.1, -0.05) is 6.42 Å². The van der Waals surface area contributed by atoms with Gasteiger partial charge in [0, 0.05) is 31.9 Å². The summed E-state index contributed by atoms with van der Waals surface area (Å²) >= 11 is 0. The predicted octanol–water partition coefficient (Wildman–Crippen LogP) is 1.78. The molecule has 0 amide bonds. The average molecular weight is 335 g/mol. The molecule has 0 saturated carbocycles. The molecule has 24 heavy (non-hydrogen) atoms. The van der Waals surface area contributed by atoms with E-state index in [9.17, 15) is 0 Å². The molecule has 1 aromatic rings. The van der Waals surface area contributed by atoms with Crippen LogP contribution in [0.4, 0.5) is 0 Å². The van der Waals surface area contributed by atoms with Gasteiger partial charge in [-0.3, -0.25) is 14.6 Å². The van der Waals surface area contributed by atoms with E-state index < -0.39 is 0 Å². The zero-order valence-corrected chi connectivity index (χ0v) is 15.8. The van der Waals surface area contributed by atoms with Crippen LogP contribution < -0.4 is 10.6 Å². The van der Waals surface area contributed by atoms with Gasteiger partial charge in [-0.2, -0.15) is 5.10 Å². The van der Waals surface area contributed by atoms with E-state index in [0.29, 0.717) is 0 Å². The molecule has 1 aromatic heterocycles. The van der Waals surface area contributed by atoms with Gasteiger partial charge in [0.15, 0.2) is 5.96 Å². The van der Waals surface area contributed by atoms with Crippen LogP contribution in [0.3, 0.4) is 0 Å². The van der Waals surface area contributed by atoms with Crippen LogP contribution in [0.15, 0.2) is 17.4 Å². The molecule has 0 aliphatic carbocycles. The van der Waals surface area contributed by atoms with Crippen LogP contribution in [0.25, 0.3) is 0 Å². The van der Waals surface area contributed by atoms with E-state index >= 15 is 0 Å². The van der Waals surface area contributed by atoms with Gasteiger partial charge in [0.25, 0.3) is 0 Å². The van der Waals surface area contributed by atoms with Gasteiger partial charge in [0.2, 0.25) is 0 Å². The minimum absolute atomic E-state index is 0.117. The third-order valence-corrected chi connectivity index (χ3v) is 4.64. The lowest BCUT2D eigenvalue weighted by atomic mass is 9.99. The first-order valence-electron chi connectivity index (χ1n) is 9.26. The van der Waals surface area contributed by atoms with Crippen LogP contribution in [-0.2, 0) is 13.5 Å². The number of aliphatic imine (C=N–C) groups is 1. The zero-order valence-electron chi connectivity index (χ0n) is 15.8. The van der Waals surface area contributed by atoms with Gasteiger partial charge in [-0.25, -0.2) is 0 Å². The molecule has 0 spiro atoms. The minimum atomic E-state index is 0.117. The first-order valence-corrected chi connectivity index (χ1v) is 9.26. The van der Waals surface area contributed by atoms with Gasteiger partial charge in [0.1, 0.15) is 0 Å². The number of aryl methyl sites for hydroxylation is 1. The van der Waals surface area contributed by atoms with Crippen LogP contribution in [0.2, 0.25) is 0 Å². The summed E-state index contributed by atoms with van der Waals surface area (Å²) in [5, 5.41) is 11.0. The fourth-order valence-electron chi connectivity index (χ4n) is 3.14. The number of nitrogens with one attached hydrogen (secondary N) is 2. The van der Waals surface area contributed by atoms with Crippen molar-refractivity contribution < 1.29 is 0 Å². The second-order valence-electron chi connectivity index (χ2n) is 7.25. The molecule has 1 aliphatic heterocycles. The fourth-order valence-corrected chi connectivity index (χ4v) is 3.14. The number of hydrogen-bond donors (Lipinski definition) is 2. The maximum Gasteiger partial charge on any atom is 0.191 e. The van der Waals surface area contributed by atoms with Crippen molar-refractivity contribution >= 4 is 5.96 Å². The predicted molar refractivity (Wildman–Crippen MR) is 100 cm³/mol. The van der Waals surface area contributed by atoms with Crippen LogP contribution in [0, 0.1) is 0 Å². The Kier molecular flexibility index (Phi) is 7.09. The fraction of sp³-hybridized carbons (Fsp3) is 0.778. The number of nitrogens with zero attached hydrogens (tertiary/aromatic N) is 4. The quantitative estimate of drug-likeness (QED) is 0.589. The molecular weight excluding hydrogens is 300 g/mol. The lowest BCUT2D eigenvalue weighted by molar-refractivity contribution is 0.102. The van der Waals surface area contributed by atoms with E-state index in [4.69, 9.17) is 4.99 Å². The van der Waals surface area contributed by atoms with Gasteiger partial charge in [-0.15, -0.1) is 0 Å². The molecule has 2 heterocycles. The molecule has 0 radical (unpaired) electrons. The highest BCUT2D eigenvalue weighted by atomic mass is 15.2. The molecule has 1 saturated heterocycles. The Morgan fingerprint density at radius 2 is 2.00 bits per heavy atom. The summed E-state index contributed by atoms with van der Waals surface area (Å²) in [6.07, 6.45) is 8.94. The molecule has 0 unspecified atom stereocenters. The standard InChI is InChI=1S/C18H34N6/c1-5-19-17(20-10-9-16-13-22-23(4)14-16)21-15-18(2,3)24-11-7-6-8-12-24/h13-14H,5-12,15H2,1-4H3,(H2,19,20,21). The average Bonchev–Trinajstić information content (AvgIpc) is 2.99. The van der Waals surface area contributed by atoms with Crippen molar-refractivity contribution in [2.75, 3.05) is 32.7 Å². The van der Waals surface area contributed by atoms with Crippen molar-refractivity contribution in [2.24, 2.45) is 12.0 Å². The van der Waals surface area contributed by atoms with Crippen molar-refractivity contribution in [3.8, 4) is 0 Å². The van der Waals surface area contributed by atoms with Gasteiger partial charge in [0.05, 0.1) is 12.7 Å². The van der Waals surface area contributed by atoms with E-state index in [1.54, 1.807) is 0 Å². The third kappa shape index (κ3) is 5.82. The number of rotatable bonds is 7. The molecule has 2 N–H and O–H groups in total. The SMILES string of the molecule is CCNC(=NCC(C)(C)N1CCCCC1)NCCc1cnn(C)c1. The normalized spacial score (nSPS) is 17.1. The van der Waals surface area contributed by atoms with E-state index in [0.717, 1.165) is 32.0 Å². The van der Waals surface area contributed by atoms with Crippen molar-refractivity contribution in [3.05, 3.63) is 18.0 Å². The Bertz CT molecular complexity index is 513. The summed E-state index contributed by atoms with van der Waals surface area (Å²) in [4.78, 5) is 7.41. The highest BCUT2D eigenvalue weighted by Crippen LogP contribution is 2.20. The maximum absolute atomic E-state index is 4.83. The van der Waals surface area contributed by atoms with Gasteiger partial charge < -0.3 is 10.6 Å². The first kappa shape index (κ1) is 18.8. The van der Waals surface area contributed by atoms with E-state index in [1.807, 2.05) is 17.9 Å². The van der Waals surface area contributed by atoms with Crippen LogP contribution in [-0.4, -0.2) is 58.9 Å². The molecule has 6 heteroatoms. The number of likely N-dealkylation sites (tertiary alicyclic amines) is 1. The molecule has 1 fully saturated rings. The summed E-state index contributed by atoms with van der Waals surface area (Å²) in [5.41, 5.74) is 1.36. The monoisotopic (exact) mass is 334 g/mol. The second-order valence-corrected chi connectivity index (χ2v) is 7.25. The van der Waals surface area contributed by atoms with Crippen LogP contribution >= 0.6 is 0 Å². The number of piperidine rings is 1. The summed E-state index contributed by atoms with van der Waals surface area (Å²) in [5.74, 6) is 0.909. The Morgan fingerprint density at radius 3 is 2.62 bits per heavy atom. The Morgan fingerprint density at radius 1 is 1.25 bits per heavy atom. The third-order valence-electron chi connectivity index (χ3n) is 4.64. The summed E-state index contributed by atoms with van der Waals surface area (Å²) < 4.78 is 1.84. The highest BCUT2D eigenvalue weighted by Gasteiger charge is 2.27. The number of hydrogen-bond acceptors (Lipinski definition) is 3. The van der Waals surface area contributed by atoms with Crippen molar-refractivity contribution in [1.82, 2.24) is 25.3 Å². The topological polar surface area (TPSA) is 57.5 Å². The molecule has 6 nitrogen and oxygen atoms in total. The molecule has 1 aliphatic rings. The molecule has 0 bridgehead atoms. The lowest BCUT2D eigenvalue weighted by Gasteiger charge is -2.40. The second kappa shape index (κ2) is 9.06. The van der Waals surface area contributed by atoms with Gasteiger partial charge >= 0.3 is 0 Å². The molecular formula is C18H34N6. The Hall–Kier alpha value is -1.56. The zero-order chi connectivity index (χ0) is 17.4. The molecule has 0 atom stereocenters. The lowest BCUT2D eigenvalue weighted by Crippen LogP contribution is -2.49. The molecule has 2 rings (SSSR count). The van der Waals surface area contributed by atoms with E-state index in [2.05, 4.69) is 47.6 Å². The van der Waals surface area contributed by atoms with Crippen molar-refractivity contribution in [3.63, 3.8) is 0 Å².